The normalized spacial score (nSPS) is 11.1. The summed E-state index contributed by atoms with van der Waals surface area (Å²) in [5.41, 5.74) is 3.99. The molecular weight excluding hydrogens is 382 g/mol. The average Bonchev–Trinajstić information content (AvgIpc) is 3.23. The number of nitrogens with zero attached hydrogens (tertiary/aromatic N) is 1. The van der Waals surface area contributed by atoms with E-state index in [2.05, 4.69) is 42.5 Å². The van der Waals surface area contributed by atoms with Crippen LogP contribution >= 0.6 is 0 Å². The van der Waals surface area contributed by atoms with Crippen LogP contribution in [0.5, 0.6) is 0 Å². The van der Waals surface area contributed by atoms with Crippen LogP contribution in [-0.2, 0) is 24.3 Å². The van der Waals surface area contributed by atoms with Gasteiger partial charge >= 0.3 is 0 Å². The van der Waals surface area contributed by atoms with E-state index in [0.29, 0.717) is 19.5 Å². The second kappa shape index (κ2) is 8.49. The van der Waals surface area contributed by atoms with Crippen molar-refractivity contribution >= 4 is 27.6 Å². The van der Waals surface area contributed by atoms with E-state index >= 15 is 0 Å². The first-order chi connectivity index (χ1) is 15.3. The summed E-state index contributed by atoms with van der Waals surface area (Å²) >= 11 is 0. The average molecular weight is 405 g/mol. The first-order valence-electron chi connectivity index (χ1n) is 10.5. The fraction of sp³-hybridized carbons (Fsp3) is 0.107. The van der Waals surface area contributed by atoms with Gasteiger partial charge in [-0.15, -0.1) is 0 Å². The van der Waals surface area contributed by atoms with Gasteiger partial charge in [-0.2, -0.15) is 0 Å². The Bertz CT molecular complexity index is 1280. The molecule has 0 saturated carbocycles. The number of hydrogen-bond donors (Lipinski definition) is 0. The maximum Gasteiger partial charge on any atom is 0.227 e. The van der Waals surface area contributed by atoms with Gasteiger partial charge in [0.2, 0.25) is 5.91 Å². The molecule has 3 heteroatoms. The van der Waals surface area contributed by atoms with Crippen LogP contribution in [0.1, 0.15) is 16.7 Å². The molecule has 1 aromatic heterocycles. The molecule has 0 atom stereocenters. The summed E-state index contributed by atoms with van der Waals surface area (Å²) in [4.78, 5) is 15.4. The Morgan fingerprint density at radius 3 is 2.00 bits per heavy atom. The standard InChI is InChI=1S/C28H23NO2/c30-27(17-24-20-31-26-16-15-23-13-7-8-14-25(23)28(24)26)29(18-21-9-3-1-4-10-21)19-22-11-5-2-6-12-22/h1-16,20H,17-19H2. The molecule has 0 spiro atoms. The molecular formula is C28H23NO2. The number of amides is 1. The van der Waals surface area contributed by atoms with Gasteiger partial charge in [-0.1, -0.05) is 91.0 Å². The predicted octanol–water partition coefficient (Wildman–Crippen LogP) is 6.36. The molecule has 3 nitrogen and oxygen atoms in total. The van der Waals surface area contributed by atoms with Crippen LogP contribution in [0.2, 0.25) is 0 Å². The van der Waals surface area contributed by atoms with Gasteiger partial charge in [0, 0.05) is 24.0 Å². The zero-order valence-electron chi connectivity index (χ0n) is 17.2. The van der Waals surface area contributed by atoms with Crippen molar-refractivity contribution in [2.45, 2.75) is 19.5 Å². The van der Waals surface area contributed by atoms with Gasteiger partial charge in [-0.05, 0) is 28.0 Å². The summed E-state index contributed by atoms with van der Waals surface area (Å²) in [5, 5.41) is 3.30. The SMILES string of the molecule is O=C(Cc1coc2ccc3ccccc3c12)N(Cc1ccccc1)Cc1ccccc1. The van der Waals surface area contributed by atoms with E-state index in [4.69, 9.17) is 4.42 Å². The second-order valence-corrected chi connectivity index (χ2v) is 7.82. The van der Waals surface area contributed by atoms with Gasteiger partial charge in [0.05, 0.1) is 12.7 Å². The fourth-order valence-electron chi connectivity index (χ4n) is 4.12. The molecule has 152 valence electrons. The summed E-state index contributed by atoms with van der Waals surface area (Å²) in [6.07, 6.45) is 2.04. The Kier molecular flexibility index (Phi) is 5.24. The first-order valence-corrected chi connectivity index (χ1v) is 10.5. The van der Waals surface area contributed by atoms with E-state index < -0.39 is 0 Å². The lowest BCUT2D eigenvalue weighted by Gasteiger charge is -2.23. The summed E-state index contributed by atoms with van der Waals surface area (Å²) in [7, 11) is 0. The number of hydrogen-bond acceptors (Lipinski definition) is 2. The van der Waals surface area contributed by atoms with Gasteiger partial charge in [0.1, 0.15) is 5.58 Å². The molecule has 31 heavy (non-hydrogen) atoms. The maximum absolute atomic E-state index is 13.5. The molecule has 0 fully saturated rings. The Balaban J connectivity index is 1.47. The van der Waals surface area contributed by atoms with Crippen LogP contribution in [0.3, 0.4) is 0 Å². The molecule has 0 saturated heterocycles. The van der Waals surface area contributed by atoms with E-state index in [-0.39, 0.29) is 5.91 Å². The lowest BCUT2D eigenvalue weighted by Crippen LogP contribution is -2.31. The zero-order chi connectivity index (χ0) is 21.0. The first kappa shape index (κ1) is 19.1. The Morgan fingerprint density at radius 1 is 0.710 bits per heavy atom. The number of rotatable bonds is 6. The minimum atomic E-state index is 0.0864. The number of fused-ring (bicyclic) bond motifs is 3. The molecule has 0 unspecified atom stereocenters. The van der Waals surface area contributed by atoms with Crippen LogP contribution in [-0.4, -0.2) is 10.8 Å². The molecule has 1 amide bonds. The largest absolute Gasteiger partial charge is 0.464 e. The molecule has 5 aromatic rings. The Hall–Kier alpha value is -3.85. The summed E-state index contributed by atoms with van der Waals surface area (Å²) in [6.45, 7) is 1.15. The quantitative estimate of drug-likeness (QED) is 0.329. The molecule has 0 radical (unpaired) electrons. The van der Waals surface area contributed by atoms with Gasteiger partial charge < -0.3 is 9.32 Å². The number of benzene rings is 4. The summed E-state index contributed by atoms with van der Waals surface area (Å²) < 4.78 is 5.80. The molecule has 0 aliphatic rings. The zero-order valence-corrected chi connectivity index (χ0v) is 17.2. The molecule has 0 aliphatic heterocycles. The van der Waals surface area contributed by atoms with E-state index in [0.717, 1.165) is 38.4 Å². The highest BCUT2D eigenvalue weighted by Crippen LogP contribution is 2.30. The number of furan rings is 1. The molecule has 0 N–H and O–H groups in total. The van der Waals surface area contributed by atoms with E-state index in [1.54, 1.807) is 6.26 Å². The van der Waals surface area contributed by atoms with Crippen molar-refractivity contribution in [2.75, 3.05) is 0 Å². The maximum atomic E-state index is 13.5. The van der Waals surface area contributed by atoms with Gasteiger partial charge in [-0.3, -0.25) is 4.79 Å². The minimum Gasteiger partial charge on any atom is -0.464 e. The second-order valence-electron chi connectivity index (χ2n) is 7.82. The van der Waals surface area contributed by atoms with Crippen molar-refractivity contribution in [3.63, 3.8) is 0 Å². The molecule has 4 aromatic carbocycles. The number of carbonyl (C=O) groups is 1. The summed E-state index contributed by atoms with van der Waals surface area (Å²) in [5.74, 6) is 0.0864. The van der Waals surface area contributed by atoms with E-state index in [9.17, 15) is 4.79 Å². The molecule has 1 heterocycles. The van der Waals surface area contributed by atoms with Crippen LogP contribution in [0.4, 0.5) is 0 Å². The molecule has 0 bridgehead atoms. The van der Waals surface area contributed by atoms with Crippen molar-refractivity contribution in [1.29, 1.82) is 0 Å². The van der Waals surface area contributed by atoms with Gasteiger partial charge in [-0.25, -0.2) is 0 Å². The van der Waals surface area contributed by atoms with Crippen molar-refractivity contribution in [2.24, 2.45) is 0 Å². The van der Waals surface area contributed by atoms with Gasteiger partial charge in [0.25, 0.3) is 0 Å². The topological polar surface area (TPSA) is 33.5 Å². The van der Waals surface area contributed by atoms with Gasteiger partial charge in [0.15, 0.2) is 0 Å². The minimum absolute atomic E-state index is 0.0864. The third-order valence-electron chi connectivity index (χ3n) is 5.67. The highest BCUT2D eigenvalue weighted by molar-refractivity contribution is 6.08. The van der Waals surface area contributed by atoms with Crippen LogP contribution in [0.25, 0.3) is 21.7 Å². The highest BCUT2D eigenvalue weighted by atomic mass is 16.3. The monoisotopic (exact) mass is 405 g/mol. The summed E-state index contributed by atoms with van der Waals surface area (Å²) in [6, 6.07) is 32.6. The van der Waals surface area contributed by atoms with Crippen LogP contribution in [0, 0.1) is 0 Å². The fourth-order valence-corrected chi connectivity index (χ4v) is 4.12. The Morgan fingerprint density at radius 2 is 1.32 bits per heavy atom. The van der Waals surface area contributed by atoms with E-state index in [1.807, 2.05) is 59.5 Å². The highest BCUT2D eigenvalue weighted by Gasteiger charge is 2.19. The predicted molar refractivity (Wildman–Crippen MR) is 125 cm³/mol. The van der Waals surface area contributed by atoms with Crippen molar-refractivity contribution in [3.8, 4) is 0 Å². The molecule has 5 rings (SSSR count). The lowest BCUT2D eigenvalue weighted by atomic mass is 10.0. The van der Waals surface area contributed by atoms with E-state index in [1.165, 1.54) is 0 Å². The third-order valence-corrected chi connectivity index (χ3v) is 5.67. The smallest absolute Gasteiger partial charge is 0.227 e. The van der Waals surface area contributed by atoms with Crippen molar-refractivity contribution in [1.82, 2.24) is 4.90 Å². The lowest BCUT2D eigenvalue weighted by molar-refractivity contribution is -0.131. The van der Waals surface area contributed by atoms with Crippen LogP contribution < -0.4 is 0 Å². The number of carbonyl (C=O) groups excluding carboxylic acids is 1. The van der Waals surface area contributed by atoms with Crippen LogP contribution in [0.15, 0.2) is 108 Å². The van der Waals surface area contributed by atoms with Crippen molar-refractivity contribution in [3.05, 3.63) is 120 Å². The third kappa shape index (κ3) is 4.08. The van der Waals surface area contributed by atoms with Crippen molar-refractivity contribution < 1.29 is 9.21 Å². The Labute approximate surface area is 181 Å². The molecule has 0 aliphatic carbocycles.